The maximum Gasteiger partial charge on any atom is 0.213 e. The molecule has 0 fully saturated rings. The Morgan fingerprint density at radius 1 is 1.30 bits per heavy atom. The highest BCUT2D eigenvalue weighted by molar-refractivity contribution is 5.79. The van der Waals surface area contributed by atoms with Crippen LogP contribution in [0, 0.1) is 0 Å². The summed E-state index contributed by atoms with van der Waals surface area (Å²) in [6.07, 6.45) is 9.13. The molecule has 7 heteroatoms. The van der Waals surface area contributed by atoms with Crippen LogP contribution >= 0.6 is 0 Å². The first-order valence-corrected chi connectivity index (χ1v) is 6.86. The average Bonchev–Trinajstić information content (AvgIpc) is 3.14. The lowest BCUT2D eigenvalue weighted by Crippen LogP contribution is -2.02. The van der Waals surface area contributed by atoms with Crippen LogP contribution in [-0.4, -0.2) is 33.6 Å². The van der Waals surface area contributed by atoms with E-state index in [4.69, 9.17) is 9.47 Å². The molecular formula is C16H14N4O3. The minimum atomic E-state index is 0.253. The van der Waals surface area contributed by atoms with Crippen molar-refractivity contribution in [1.82, 2.24) is 20.2 Å². The van der Waals surface area contributed by atoms with Crippen LogP contribution in [0.1, 0.15) is 15.9 Å². The van der Waals surface area contributed by atoms with Gasteiger partial charge < -0.3 is 9.47 Å². The number of nitrogens with one attached hydrogen (secondary N) is 1. The van der Waals surface area contributed by atoms with Gasteiger partial charge in [-0.1, -0.05) is 0 Å². The number of ether oxygens (including phenoxy) is 2. The normalized spacial score (nSPS) is 10.3. The average molecular weight is 310 g/mol. The summed E-state index contributed by atoms with van der Waals surface area (Å²) >= 11 is 0. The van der Waals surface area contributed by atoms with Crippen molar-refractivity contribution >= 4 is 6.29 Å². The maximum absolute atomic E-state index is 11.2. The molecule has 3 aromatic heterocycles. The monoisotopic (exact) mass is 310 g/mol. The number of rotatable bonds is 6. The van der Waals surface area contributed by atoms with Crippen LogP contribution in [0.4, 0.5) is 0 Å². The number of hydrogen-bond acceptors (Lipinski definition) is 6. The molecule has 23 heavy (non-hydrogen) atoms. The lowest BCUT2D eigenvalue weighted by molar-refractivity contribution is 0.111. The summed E-state index contributed by atoms with van der Waals surface area (Å²) < 4.78 is 10.7. The Hall–Kier alpha value is -3.22. The van der Waals surface area contributed by atoms with Gasteiger partial charge in [0.25, 0.3) is 0 Å². The summed E-state index contributed by atoms with van der Waals surface area (Å²) in [5.74, 6) is 0.753. The Morgan fingerprint density at radius 2 is 2.22 bits per heavy atom. The number of carbonyl (C=O) groups excluding carboxylic acids is 1. The van der Waals surface area contributed by atoms with E-state index in [0.29, 0.717) is 23.5 Å². The molecule has 0 spiro atoms. The number of pyridine rings is 2. The van der Waals surface area contributed by atoms with Gasteiger partial charge in [-0.25, -0.2) is 4.98 Å². The van der Waals surface area contributed by atoms with E-state index < -0.39 is 0 Å². The lowest BCUT2D eigenvalue weighted by Gasteiger charge is -2.11. The minimum Gasteiger partial charge on any atom is -0.486 e. The van der Waals surface area contributed by atoms with Crippen molar-refractivity contribution in [1.29, 1.82) is 0 Å². The third-order valence-electron chi connectivity index (χ3n) is 3.30. The Morgan fingerprint density at radius 3 is 2.96 bits per heavy atom. The van der Waals surface area contributed by atoms with Gasteiger partial charge in [-0.15, -0.1) is 0 Å². The van der Waals surface area contributed by atoms with Crippen molar-refractivity contribution in [2.24, 2.45) is 0 Å². The maximum atomic E-state index is 11.2. The van der Waals surface area contributed by atoms with Crippen molar-refractivity contribution in [2.75, 3.05) is 7.11 Å². The summed E-state index contributed by atoms with van der Waals surface area (Å²) in [5, 5.41) is 6.73. The molecule has 0 radical (unpaired) electrons. The van der Waals surface area contributed by atoms with Gasteiger partial charge >= 0.3 is 0 Å². The van der Waals surface area contributed by atoms with E-state index in [-0.39, 0.29) is 6.61 Å². The second-order valence-electron chi connectivity index (χ2n) is 4.69. The van der Waals surface area contributed by atoms with Gasteiger partial charge in [0.1, 0.15) is 12.4 Å². The predicted octanol–water partition coefficient (Wildman–Crippen LogP) is 2.27. The lowest BCUT2D eigenvalue weighted by atomic mass is 10.1. The van der Waals surface area contributed by atoms with Crippen LogP contribution in [0.5, 0.6) is 11.6 Å². The fourth-order valence-electron chi connectivity index (χ4n) is 2.14. The van der Waals surface area contributed by atoms with Gasteiger partial charge in [-0.05, 0) is 11.6 Å². The highest BCUT2D eigenvalue weighted by Crippen LogP contribution is 2.25. The Bertz CT molecular complexity index is 803. The molecule has 0 aliphatic rings. The van der Waals surface area contributed by atoms with Gasteiger partial charge in [-0.2, -0.15) is 5.10 Å². The van der Waals surface area contributed by atoms with Crippen molar-refractivity contribution in [3.8, 4) is 22.8 Å². The molecule has 7 nitrogen and oxygen atoms in total. The molecule has 0 atom stereocenters. The highest BCUT2D eigenvalue weighted by Gasteiger charge is 2.10. The molecule has 1 N–H and O–H groups in total. The molecule has 0 aliphatic heterocycles. The first-order chi connectivity index (χ1) is 11.3. The van der Waals surface area contributed by atoms with Crippen molar-refractivity contribution in [3.05, 3.63) is 54.2 Å². The third kappa shape index (κ3) is 3.18. The number of aromatic nitrogens is 4. The van der Waals surface area contributed by atoms with Gasteiger partial charge in [-0.3, -0.25) is 14.9 Å². The highest BCUT2D eigenvalue weighted by atomic mass is 16.5. The van der Waals surface area contributed by atoms with E-state index in [1.54, 1.807) is 24.8 Å². The number of H-pyrrole nitrogens is 1. The van der Waals surface area contributed by atoms with Crippen LogP contribution in [0.25, 0.3) is 11.1 Å². The van der Waals surface area contributed by atoms with Crippen LogP contribution < -0.4 is 9.47 Å². The number of hydrogen-bond donors (Lipinski definition) is 1. The van der Waals surface area contributed by atoms with Crippen molar-refractivity contribution in [2.45, 2.75) is 6.61 Å². The summed E-state index contributed by atoms with van der Waals surface area (Å²) in [7, 11) is 1.49. The molecule has 3 aromatic rings. The molecule has 0 amide bonds. The summed E-state index contributed by atoms with van der Waals surface area (Å²) in [6, 6.07) is 3.42. The van der Waals surface area contributed by atoms with Crippen LogP contribution in [-0.2, 0) is 6.61 Å². The molecule has 0 bridgehead atoms. The zero-order valence-electron chi connectivity index (χ0n) is 12.4. The number of carbonyl (C=O) groups is 1. The number of aldehydes is 1. The smallest absolute Gasteiger partial charge is 0.213 e. The zero-order chi connectivity index (χ0) is 16.1. The second-order valence-corrected chi connectivity index (χ2v) is 4.69. The number of methoxy groups -OCH3 is 1. The fraction of sp³-hybridized carbons (Fsp3) is 0.125. The standard InChI is InChI=1S/C16H14N4O3/c1-22-16-4-11(9-21)15(8-18-16)23-10-13-5-17-3-2-14(13)12-6-19-20-7-12/h2-9H,10H2,1H3,(H,19,20). The Labute approximate surface area is 132 Å². The van der Waals surface area contributed by atoms with Gasteiger partial charge in [0.2, 0.25) is 5.88 Å². The molecule has 0 unspecified atom stereocenters. The molecule has 3 heterocycles. The quantitative estimate of drug-likeness (QED) is 0.702. The van der Waals surface area contributed by atoms with Crippen molar-refractivity contribution in [3.63, 3.8) is 0 Å². The van der Waals surface area contributed by atoms with Gasteiger partial charge in [0.15, 0.2) is 6.29 Å². The SMILES string of the molecule is COc1cc(C=O)c(OCc2cnccc2-c2cn[nH]c2)cn1. The summed E-state index contributed by atoms with van der Waals surface area (Å²) in [4.78, 5) is 19.3. The molecular weight excluding hydrogens is 296 g/mol. The van der Waals surface area contributed by atoms with Crippen LogP contribution in [0.2, 0.25) is 0 Å². The van der Waals surface area contributed by atoms with Crippen LogP contribution in [0.3, 0.4) is 0 Å². The van der Waals surface area contributed by atoms with E-state index in [1.165, 1.54) is 19.4 Å². The first-order valence-electron chi connectivity index (χ1n) is 6.86. The van der Waals surface area contributed by atoms with Crippen molar-refractivity contribution < 1.29 is 14.3 Å². The third-order valence-corrected chi connectivity index (χ3v) is 3.30. The topological polar surface area (TPSA) is 90.0 Å². The molecule has 0 saturated carbocycles. The van der Waals surface area contributed by atoms with E-state index in [0.717, 1.165) is 16.7 Å². The largest absolute Gasteiger partial charge is 0.486 e. The molecule has 0 aromatic carbocycles. The number of nitrogens with zero attached hydrogens (tertiary/aromatic N) is 3. The molecule has 0 saturated heterocycles. The molecule has 116 valence electrons. The Kier molecular flexibility index (Phi) is 4.28. The second kappa shape index (κ2) is 6.69. The zero-order valence-corrected chi connectivity index (χ0v) is 12.4. The van der Waals surface area contributed by atoms with E-state index in [1.807, 2.05) is 6.07 Å². The summed E-state index contributed by atoms with van der Waals surface area (Å²) in [6.45, 7) is 0.253. The Balaban J connectivity index is 1.83. The van der Waals surface area contributed by atoms with Gasteiger partial charge in [0.05, 0.1) is 25.1 Å². The fourth-order valence-corrected chi connectivity index (χ4v) is 2.14. The summed E-state index contributed by atoms with van der Waals surface area (Å²) in [5.41, 5.74) is 3.16. The van der Waals surface area contributed by atoms with Gasteiger partial charge in [0, 0.05) is 35.8 Å². The molecule has 0 aliphatic carbocycles. The predicted molar refractivity (Wildman–Crippen MR) is 82.3 cm³/mol. The first kappa shape index (κ1) is 14.7. The minimum absolute atomic E-state index is 0.253. The van der Waals surface area contributed by atoms with Crippen LogP contribution in [0.15, 0.2) is 43.1 Å². The van der Waals surface area contributed by atoms with E-state index >= 15 is 0 Å². The number of aromatic amines is 1. The van der Waals surface area contributed by atoms with E-state index in [2.05, 4.69) is 20.2 Å². The van der Waals surface area contributed by atoms with E-state index in [9.17, 15) is 4.79 Å². The molecule has 3 rings (SSSR count).